The summed E-state index contributed by atoms with van der Waals surface area (Å²) >= 11 is 0. The standard InChI is InChI=1S/C11H12N4/c1-7-13-14-11-10-6-9(12)3-2-8(10)4-5-15(7)11/h2-3,6H,4-5,12H2,1H3. The zero-order valence-electron chi connectivity index (χ0n) is 8.57. The van der Waals surface area contributed by atoms with Gasteiger partial charge in [-0.2, -0.15) is 0 Å². The van der Waals surface area contributed by atoms with Crippen molar-refractivity contribution in [3.05, 3.63) is 29.6 Å². The van der Waals surface area contributed by atoms with Gasteiger partial charge in [-0.05, 0) is 31.0 Å². The number of fused-ring (bicyclic) bond motifs is 3. The maximum Gasteiger partial charge on any atom is 0.164 e. The molecule has 0 amide bonds. The van der Waals surface area contributed by atoms with E-state index in [0.717, 1.165) is 35.9 Å². The van der Waals surface area contributed by atoms with Crippen molar-refractivity contribution in [3.8, 4) is 11.4 Å². The van der Waals surface area contributed by atoms with Gasteiger partial charge in [-0.25, -0.2) is 0 Å². The van der Waals surface area contributed by atoms with Crippen LogP contribution < -0.4 is 5.73 Å². The number of aryl methyl sites for hydroxylation is 2. The predicted octanol–water partition coefficient (Wildman–Crippen LogP) is 1.39. The molecular weight excluding hydrogens is 188 g/mol. The molecule has 0 fully saturated rings. The van der Waals surface area contributed by atoms with Gasteiger partial charge in [0.05, 0.1) is 0 Å². The van der Waals surface area contributed by atoms with Crippen molar-refractivity contribution in [3.63, 3.8) is 0 Å². The highest BCUT2D eigenvalue weighted by atomic mass is 15.3. The minimum atomic E-state index is 0.780. The van der Waals surface area contributed by atoms with Gasteiger partial charge in [-0.3, -0.25) is 0 Å². The van der Waals surface area contributed by atoms with Crippen LogP contribution in [0.4, 0.5) is 5.69 Å². The van der Waals surface area contributed by atoms with E-state index in [2.05, 4.69) is 20.8 Å². The molecule has 0 spiro atoms. The third kappa shape index (κ3) is 1.14. The minimum absolute atomic E-state index is 0.780. The van der Waals surface area contributed by atoms with Crippen LogP contribution in [0.2, 0.25) is 0 Å². The quantitative estimate of drug-likeness (QED) is 0.654. The SMILES string of the molecule is Cc1nnc2n1CCc1ccc(N)cc1-2. The lowest BCUT2D eigenvalue weighted by Crippen LogP contribution is -2.12. The Hall–Kier alpha value is -1.84. The zero-order chi connectivity index (χ0) is 10.4. The van der Waals surface area contributed by atoms with Gasteiger partial charge in [0.1, 0.15) is 5.82 Å². The zero-order valence-corrected chi connectivity index (χ0v) is 8.57. The van der Waals surface area contributed by atoms with Gasteiger partial charge >= 0.3 is 0 Å². The van der Waals surface area contributed by atoms with E-state index in [1.54, 1.807) is 0 Å². The molecule has 4 heteroatoms. The van der Waals surface area contributed by atoms with Crippen LogP contribution in [-0.4, -0.2) is 14.8 Å². The van der Waals surface area contributed by atoms with Gasteiger partial charge in [0.25, 0.3) is 0 Å². The van der Waals surface area contributed by atoms with E-state index < -0.39 is 0 Å². The van der Waals surface area contributed by atoms with Gasteiger partial charge in [-0.15, -0.1) is 10.2 Å². The van der Waals surface area contributed by atoms with Crippen LogP contribution in [0.3, 0.4) is 0 Å². The molecule has 0 radical (unpaired) electrons. The minimum Gasteiger partial charge on any atom is -0.399 e. The molecule has 0 aliphatic carbocycles. The second kappa shape index (κ2) is 2.82. The molecule has 0 saturated heterocycles. The topological polar surface area (TPSA) is 56.7 Å². The van der Waals surface area contributed by atoms with Crippen molar-refractivity contribution < 1.29 is 0 Å². The molecule has 1 aromatic carbocycles. The molecule has 1 aliphatic heterocycles. The molecule has 1 aromatic heterocycles. The smallest absolute Gasteiger partial charge is 0.164 e. The summed E-state index contributed by atoms with van der Waals surface area (Å²) in [4.78, 5) is 0. The Balaban J connectivity index is 2.28. The summed E-state index contributed by atoms with van der Waals surface area (Å²) in [6.07, 6.45) is 1.03. The van der Waals surface area contributed by atoms with Crippen LogP contribution in [0.5, 0.6) is 0 Å². The second-order valence-electron chi connectivity index (χ2n) is 3.89. The Bertz CT molecular complexity index is 527. The molecule has 4 nitrogen and oxygen atoms in total. The van der Waals surface area contributed by atoms with Crippen molar-refractivity contribution in [1.82, 2.24) is 14.8 Å². The highest BCUT2D eigenvalue weighted by molar-refractivity contribution is 5.67. The normalized spacial score (nSPS) is 13.4. The van der Waals surface area contributed by atoms with E-state index in [1.165, 1.54) is 5.56 Å². The molecule has 0 atom stereocenters. The molecule has 1 aliphatic rings. The van der Waals surface area contributed by atoms with Crippen LogP contribution in [0.1, 0.15) is 11.4 Å². The van der Waals surface area contributed by atoms with E-state index in [0.29, 0.717) is 0 Å². The van der Waals surface area contributed by atoms with Gasteiger partial charge in [0.2, 0.25) is 0 Å². The molecule has 2 aromatic rings. The maximum absolute atomic E-state index is 5.79. The van der Waals surface area contributed by atoms with Crippen molar-refractivity contribution in [1.29, 1.82) is 0 Å². The van der Waals surface area contributed by atoms with E-state index >= 15 is 0 Å². The second-order valence-corrected chi connectivity index (χ2v) is 3.89. The average molecular weight is 200 g/mol. The first-order chi connectivity index (χ1) is 7.25. The summed E-state index contributed by atoms with van der Waals surface area (Å²) in [5, 5.41) is 8.30. The Kier molecular flexibility index (Phi) is 1.59. The lowest BCUT2D eigenvalue weighted by atomic mass is 10.00. The molecule has 0 saturated carbocycles. The monoisotopic (exact) mass is 200 g/mol. The lowest BCUT2D eigenvalue weighted by molar-refractivity contribution is 0.662. The van der Waals surface area contributed by atoms with Gasteiger partial charge < -0.3 is 10.3 Å². The number of nitrogen functional groups attached to an aromatic ring is 1. The Morgan fingerprint density at radius 2 is 2.20 bits per heavy atom. The molecule has 0 unspecified atom stereocenters. The fourth-order valence-corrected chi connectivity index (χ4v) is 2.10. The molecule has 2 N–H and O–H groups in total. The molecule has 76 valence electrons. The average Bonchev–Trinajstić information content (AvgIpc) is 2.61. The van der Waals surface area contributed by atoms with Crippen molar-refractivity contribution in [2.24, 2.45) is 0 Å². The summed E-state index contributed by atoms with van der Waals surface area (Å²) in [6, 6.07) is 6.00. The lowest BCUT2D eigenvalue weighted by Gasteiger charge is -2.18. The molecule has 3 rings (SSSR count). The number of hydrogen-bond donors (Lipinski definition) is 1. The summed E-state index contributed by atoms with van der Waals surface area (Å²) in [5.41, 5.74) is 9.00. The number of nitrogens with two attached hydrogens (primary N) is 1. The highest BCUT2D eigenvalue weighted by Crippen LogP contribution is 2.29. The van der Waals surface area contributed by atoms with E-state index in [9.17, 15) is 0 Å². The van der Waals surface area contributed by atoms with E-state index in [1.807, 2.05) is 19.1 Å². The highest BCUT2D eigenvalue weighted by Gasteiger charge is 2.19. The molecular formula is C11H12N4. The summed E-state index contributed by atoms with van der Waals surface area (Å²) in [6.45, 7) is 2.94. The predicted molar refractivity (Wildman–Crippen MR) is 58.3 cm³/mol. The number of anilines is 1. The van der Waals surface area contributed by atoms with Crippen LogP contribution in [0, 0.1) is 6.92 Å². The van der Waals surface area contributed by atoms with Gasteiger partial charge in [-0.1, -0.05) is 6.07 Å². The van der Waals surface area contributed by atoms with Crippen molar-refractivity contribution >= 4 is 5.69 Å². The van der Waals surface area contributed by atoms with Crippen LogP contribution in [0.15, 0.2) is 18.2 Å². The molecule has 2 heterocycles. The Labute approximate surface area is 87.7 Å². The van der Waals surface area contributed by atoms with Gasteiger partial charge in [0, 0.05) is 17.8 Å². The number of benzene rings is 1. The third-order valence-electron chi connectivity index (χ3n) is 2.92. The van der Waals surface area contributed by atoms with Crippen LogP contribution in [0.25, 0.3) is 11.4 Å². The first-order valence-electron chi connectivity index (χ1n) is 5.04. The summed E-state index contributed by atoms with van der Waals surface area (Å²) in [5.74, 6) is 1.92. The molecule has 15 heavy (non-hydrogen) atoms. The number of aromatic nitrogens is 3. The van der Waals surface area contributed by atoms with Crippen LogP contribution >= 0.6 is 0 Å². The Morgan fingerprint density at radius 1 is 1.33 bits per heavy atom. The van der Waals surface area contributed by atoms with Gasteiger partial charge in [0.15, 0.2) is 5.82 Å². The van der Waals surface area contributed by atoms with Crippen molar-refractivity contribution in [2.75, 3.05) is 5.73 Å². The Morgan fingerprint density at radius 3 is 3.07 bits per heavy atom. The first-order valence-corrected chi connectivity index (χ1v) is 5.04. The largest absolute Gasteiger partial charge is 0.399 e. The van der Waals surface area contributed by atoms with E-state index in [-0.39, 0.29) is 0 Å². The fourth-order valence-electron chi connectivity index (χ4n) is 2.10. The van der Waals surface area contributed by atoms with Crippen molar-refractivity contribution in [2.45, 2.75) is 19.9 Å². The number of rotatable bonds is 0. The maximum atomic E-state index is 5.79. The number of hydrogen-bond acceptors (Lipinski definition) is 3. The number of nitrogens with zero attached hydrogens (tertiary/aromatic N) is 3. The third-order valence-corrected chi connectivity index (χ3v) is 2.92. The molecule has 0 bridgehead atoms. The summed E-state index contributed by atoms with van der Waals surface area (Å²) < 4.78 is 2.14. The summed E-state index contributed by atoms with van der Waals surface area (Å²) in [7, 11) is 0. The van der Waals surface area contributed by atoms with E-state index in [4.69, 9.17) is 5.73 Å². The van der Waals surface area contributed by atoms with Crippen LogP contribution in [-0.2, 0) is 13.0 Å². The fraction of sp³-hybridized carbons (Fsp3) is 0.273. The first kappa shape index (κ1) is 8.47.